The molecule has 0 unspecified atom stereocenters. The molecule has 0 saturated carbocycles. The number of rotatable bonds is 18. The van der Waals surface area contributed by atoms with Crippen molar-refractivity contribution in [1.82, 2.24) is 24.9 Å². The van der Waals surface area contributed by atoms with Crippen molar-refractivity contribution in [2.75, 3.05) is 0 Å². The number of nitrogens with zero attached hydrogens (tertiary/aromatic N) is 3. The Morgan fingerprint density at radius 1 is 0.394 bits per heavy atom. The largest absolute Gasteiger partial charge is 0.354 e. The van der Waals surface area contributed by atoms with E-state index >= 15 is 0 Å². The van der Waals surface area contributed by atoms with Crippen LogP contribution in [-0.4, -0.2) is 30.7 Å². The number of ketones is 1. The summed E-state index contributed by atoms with van der Waals surface area (Å²) in [5.74, 6) is -0.0615. The standard InChI is InChI=1S/C65H63N5O/c1-4-7-10-14-44-19-25-47(26-20-44)61-53-31-33-55(67-53)62(48-27-21-45(22-28-48)15-11-8-5-2)57-35-37-59(69-57)64(51-17-13-18-52(43-51)65(71)50-39-41-66-42-40-50)60-38-36-58(70-60)63(56-34-32-54(61)68-56)49-29-23-46(24-30-49)16-12-9-6-3/h13,17-43,67,70H,4-12,14-16H2,1-3H3. The van der Waals surface area contributed by atoms with Crippen LogP contribution in [0.25, 0.3) is 90.9 Å². The fourth-order valence-corrected chi connectivity index (χ4v) is 10.2. The van der Waals surface area contributed by atoms with Crippen LogP contribution < -0.4 is 0 Å². The van der Waals surface area contributed by atoms with E-state index in [0.717, 1.165) is 109 Å². The molecule has 0 aliphatic carbocycles. The van der Waals surface area contributed by atoms with Gasteiger partial charge in [0.25, 0.3) is 0 Å². The second-order valence-electron chi connectivity index (χ2n) is 19.1. The lowest BCUT2D eigenvalue weighted by atomic mass is 9.97. The summed E-state index contributed by atoms with van der Waals surface area (Å²) in [5, 5.41) is 0. The van der Waals surface area contributed by atoms with E-state index in [9.17, 15) is 4.79 Å². The van der Waals surface area contributed by atoms with Gasteiger partial charge in [0.1, 0.15) is 0 Å². The molecular formula is C65H63N5O. The third-order valence-corrected chi connectivity index (χ3v) is 14.0. The van der Waals surface area contributed by atoms with E-state index in [-0.39, 0.29) is 5.78 Å². The average Bonchev–Trinajstić information content (AvgIpc) is 4.27. The first-order chi connectivity index (χ1) is 35.0. The number of aromatic amines is 2. The fraction of sp³-hybridized carbons (Fsp3) is 0.231. The first kappa shape index (κ1) is 47.0. The Morgan fingerprint density at radius 2 is 0.761 bits per heavy atom. The zero-order valence-corrected chi connectivity index (χ0v) is 41.4. The molecular weight excluding hydrogens is 867 g/mol. The number of carbonyl (C=O) groups is 1. The van der Waals surface area contributed by atoms with Crippen molar-refractivity contribution in [3.05, 3.63) is 196 Å². The number of fused-ring (bicyclic) bond motifs is 8. The van der Waals surface area contributed by atoms with Crippen LogP contribution in [0.3, 0.4) is 0 Å². The minimum Gasteiger partial charge on any atom is -0.354 e. The molecule has 0 atom stereocenters. The molecule has 2 aliphatic heterocycles. The lowest BCUT2D eigenvalue weighted by Crippen LogP contribution is -2.01. The first-order valence-electron chi connectivity index (χ1n) is 26.0. The monoisotopic (exact) mass is 930 g/mol. The molecule has 10 rings (SSSR count). The minimum atomic E-state index is -0.0615. The van der Waals surface area contributed by atoms with Crippen molar-refractivity contribution in [2.24, 2.45) is 0 Å². The number of hydrogen-bond acceptors (Lipinski definition) is 4. The average molecular weight is 930 g/mol. The molecule has 6 heteroatoms. The molecule has 6 nitrogen and oxygen atoms in total. The van der Waals surface area contributed by atoms with Crippen LogP contribution in [0, 0.1) is 0 Å². The summed E-state index contributed by atoms with van der Waals surface area (Å²) in [7, 11) is 0. The first-order valence-corrected chi connectivity index (χ1v) is 26.0. The highest BCUT2D eigenvalue weighted by Gasteiger charge is 2.20. The van der Waals surface area contributed by atoms with Crippen LogP contribution in [0.1, 0.15) is 134 Å². The molecule has 8 bridgehead atoms. The number of H-pyrrole nitrogens is 2. The molecule has 4 aromatic carbocycles. The second kappa shape index (κ2) is 21.9. The topological polar surface area (TPSA) is 87.3 Å². The van der Waals surface area contributed by atoms with Gasteiger partial charge in [0.15, 0.2) is 5.78 Å². The van der Waals surface area contributed by atoms with Crippen LogP contribution in [0.2, 0.25) is 0 Å². The van der Waals surface area contributed by atoms with Gasteiger partial charge in [-0.2, -0.15) is 0 Å². The fourth-order valence-electron chi connectivity index (χ4n) is 10.2. The third-order valence-electron chi connectivity index (χ3n) is 14.0. The van der Waals surface area contributed by atoms with Gasteiger partial charge in [0.2, 0.25) is 0 Å². The van der Waals surface area contributed by atoms with E-state index in [2.05, 4.69) is 163 Å². The molecule has 0 spiro atoms. The van der Waals surface area contributed by atoms with Crippen LogP contribution >= 0.6 is 0 Å². The van der Waals surface area contributed by atoms with Gasteiger partial charge in [-0.15, -0.1) is 0 Å². The molecule has 0 amide bonds. The SMILES string of the molecule is CCCCCc1ccc(-c2c3nc(c(-c4ccc(CCCCC)cc4)c4ccc([nH]4)c(-c4cccc(C(=O)c5ccncc5)c4)c4nc(c(-c5ccc(CCCCC)cc5)c5ccc2[nH]5)C=C4)C=C3)cc1. The Kier molecular flexibility index (Phi) is 14.5. The van der Waals surface area contributed by atoms with Gasteiger partial charge in [-0.05, 0) is 144 Å². The number of nitrogens with one attached hydrogen (secondary N) is 2. The maximum atomic E-state index is 14.0. The van der Waals surface area contributed by atoms with Gasteiger partial charge < -0.3 is 9.97 Å². The molecule has 0 saturated heterocycles. The van der Waals surface area contributed by atoms with Crippen LogP contribution in [0.15, 0.2) is 146 Å². The quantitative estimate of drug-likeness (QED) is 0.0663. The molecule has 4 aromatic heterocycles. The Bertz CT molecular complexity index is 3340. The van der Waals surface area contributed by atoms with Gasteiger partial charge in [-0.25, -0.2) is 9.97 Å². The number of carbonyl (C=O) groups excluding carboxylic acids is 1. The van der Waals surface area contributed by atoms with Crippen molar-refractivity contribution in [3.8, 4) is 44.5 Å². The van der Waals surface area contributed by atoms with Crippen LogP contribution in [0.5, 0.6) is 0 Å². The summed E-state index contributed by atoms with van der Waals surface area (Å²) in [4.78, 5) is 37.1. The van der Waals surface area contributed by atoms with Crippen molar-refractivity contribution >= 4 is 52.2 Å². The Labute approximate surface area is 418 Å². The van der Waals surface area contributed by atoms with E-state index < -0.39 is 0 Å². The minimum absolute atomic E-state index is 0.0615. The molecule has 71 heavy (non-hydrogen) atoms. The van der Waals surface area contributed by atoms with Gasteiger partial charge in [-0.3, -0.25) is 9.78 Å². The highest BCUT2D eigenvalue weighted by atomic mass is 16.1. The second-order valence-corrected chi connectivity index (χ2v) is 19.1. The zero-order chi connectivity index (χ0) is 48.5. The summed E-state index contributed by atoms with van der Waals surface area (Å²) in [6.45, 7) is 6.76. The van der Waals surface area contributed by atoms with Crippen molar-refractivity contribution < 1.29 is 4.79 Å². The molecule has 0 radical (unpaired) electrons. The van der Waals surface area contributed by atoms with Gasteiger partial charge >= 0.3 is 0 Å². The lowest BCUT2D eigenvalue weighted by Gasteiger charge is -2.09. The molecule has 6 heterocycles. The molecule has 0 fully saturated rings. The number of aromatic nitrogens is 5. The predicted molar refractivity (Wildman–Crippen MR) is 298 cm³/mol. The third kappa shape index (κ3) is 10.4. The maximum absolute atomic E-state index is 14.0. The molecule has 2 aliphatic rings. The van der Waals surface area contributed by atoms with E-state index in [0.29, 0.717) is 11.1 Å². The van der Waals surface area contributed by atoms with Crippen molar-refractivity contribution in [1.29, 1.82) is 0 Å². The highest BCUT2D eigenvalue weighted by Crippen LogP contribution is 2.39. The summed E-state index contributed by atoms with van der Waals surface area (Å²) in [6, 6.07) is 47.4. The van der Waals surface area contributed by atoms with E-state index in [1.54, 1.807) is 24.5 Å². The van der Waals surface area contributed by atoms with Gasteiger partial charge in [-0.1, -0.05) is 150 Å². The summed E-state index contributed by atoms with van der Waals surface area (Å²) < 4.78 is 0. The predicted octanol–water partition coefficient (Wildman–Crippen LogP) is 17.1. The van der Waals surface area contributed by atoms with Crippen molar-refractivity contribution in [2.45, 2.75) is 97.8 Å². The Morgan fingerprint density at radius 3 is 1.13 bits per heavy atom. The molecule has 8 aromatic rings. The summed E-state index contributed by atoms with van der Waals surface area (Å²) in [6.07, 6.45) is 25.9. The Balaban J connectivity index is 1.25. The van der Waals surface area contributed by atoms with Crippen LogP contribution in [0.4, 0.5) is 0 Å². The maximum Gasteiger partial charge on any atom is 0.193 e. The Hall–Kier alpha value is -7.70. The lowest BCUT2D eigenvalue weighted by molar-refractivity contribution is 0.103. The summed E-state index contributed by atoms with van der Waals surface area (Å²) in [5.41, 5.74) is 20.5. The highest BCUT2D eigenvalue weighted by molar-refractivity contribution is 6.10. The van der Waals surface area contributed by atoms with Crippen LogP contribution in [-0.2, 0) is 19.3 Å². The number of hydrogen-bond donors (Lipinski definition) is 2. The van der Waals surface area contributed by atoms with Gasteiger partial charge in [0, 0.05) is 67.8 Å². The van der Waals surface area contributed by atoms with E-state index in [1.807, 2.05) is 18.2 Å². The molecule has 354 valence electrons. The smallest absolute Gasteiger partial charge is 0.193 e. The zero-order valence-electron chi connectivity index (χ0n) is 41.4. The van der Waals surface area contributed by atoms with E-state index in [4.69, 9.17) is 9.97 Å². The normalized spacial score (nSPS) is 11.9. The van der Waals surface area contributed by atoms with E-state index in [1.165, 1.54) is 74.5 Å². The number of benzene rings is 4. The summed E-state index contributed by atoms with van der Waals surface area (Å²) >= 11 is 0. The van der Waals surface area contributed by atoms with Gasteiger partial charge in [0.05, 0.1) is 22.8 Å². The van der Waals surface area contributed by atoms with Crippen molar-refractivity contribution in [3.63, 3.8) is 0 Å². The molecule has 2 N–H and O–H groups in total. The number of aryl methyl sites for hydroxylation is 3. The number of unbranched alkanes of at least 4 members (excludes halogenated alkanes) is 6. The number of pyridine rings is 1.